The van der Waals surface area contributed by atoms with Gasteiger partial charge < -0.3 is 15.0 Å². The van der Waals surface area contributed by atoms with E-state index in [1.165, 1.54) is 0 Å². The molecular formula is C18H20N2O2. The molecule has 2 aliphatic rings. The first-order chi connectivity index (χ1) is 10.8. The fraction of sp³-hybridized carbons (Fsp3) is 0.389. The highest BCUT2D eigenvalue weighted by molar-refractivity contribution is 6.08. The molecule has 0 aromatic heterocycles. The maximum Gasteiger partial charge on any atom is 0.254 e. The highest BCUT2D eigenvalue weighted by atomic mass is 16.5. The van der Waals surface area contributed by atoms with Crippen molar-refractivity contribution in [3.63, 3.8) is 0 Å². The number of nitrogens with zero attached hydrogens (tertiary/aromatic N) is 1. The van der Waals surface area contributed by atoms with E-state index in [0.29, 0.717) is 11.8 Å². The molecule has 2 atom stereocenters. The zero-order valence-corrected chi connectivity index (χ0v) is 12.7. The van der Waals surface area contributed by atoms with E-state index in [-0.39, 0.29) is 5.91 Å². The van der Waals surface area contributed by atoms with Crippen LogP contribution in [0.15, 0.2) is 36.4 Å². The summed E-state index contributed by atoms with van der Waals surface area (Å²) in [6.45, 7) is 3.82. The van der Waals surface area contributed by atoms with E-state index in [1.807, 2.05) is 41.3 Å². The van der Waals surface area contributed by atoms with Gasteiger partial charge >= 0.3 is 0 Å². The van der Waals surface area contributed by atoms with Crippen LogP contribution in [0.4, 0.5) is 0 Å². The largest absolute Gasteiger partial charge is 0.496 e. The molecule has 0 unspecified atom stereocenters. The number of fused-ring (bicyclic) bond motifs is 2. The second-order valence-electron chi connectivity index (χ2n) is 6.25. The molecule has 2 aliphatic heterocycles. The summed E-state index contributed by atoms with van der Waals surface area (Å²) in [5.41, 5.74) is 0.782. The standard InChI is InChI=1S/C18H20N2O2/c1-22-17-7-6-16(14-4-2-3-5-15(14)17)18(21)20-10-12-8-19-9-13(12)11-20/h2-7,12-13,19H,8-11H2,1H3/t12-,13+. The molecule has 1 N–H and O–H groups in total. The molecule has 2 aromatic carbocycles. The summed E-state index contributed by atoms with van der Waals surface area (Å²) in [5, 5.41) is 5.38. The molecule has 0 radical (unpaired) electrons. The number of amides is 1. The Hall–Kier alpha value is -2.07. The SMILES string of the molecule is COc1ccc(C(=O)N2C[C@H]3CNC[C@H]3C2)c2ccccc12. The van der Waals surface area contributed by atoms with Gasteiger partial charge in [0, 0.05) is 37.1 Å². The van der Waals surface area contributed by atoms with Gasteiger partial charge in [-0.3, -0.25) is 4.79 Å². The molecule has 114 valence electrons. The van der Waals surface area contributed by atoms with Crippen molar-refractivity contribution in [3.8, 4) is 5.75 Å². The Morgan fingerprint density at radius 2 is 1.77 bits per heavy atom. The number of carbonyl (C=O) groups is 1. The van der Waals surface area contributed by atoms with Crippen LogP contribution in [0.2, 0.25) is 0 Å². The van der Waals surface area contributed by atoms with E-state index >= 15 is 0 Å². The molecule has 4 heteroatoms. The zero-order chi connectivity index (χ0) is 15.1. The van der Waals surface area contributed by atoms with Crippen molar-refractivity contribution < 1.29 is 9.53 Å². The number of hydrogen-bond acceptors (Lipinski definition) is 3. The van der Waals surface area contributed by atoms with E-state index in [2.05, 4.69) is 5.32 Å². The highest BCUT2D eigenvalue weighted by Gasteiger charge is 2.38. The van der Waals surface area contributed by atoms with E-state index in [4.69, 9.17) is 4.74 Å². The predicted octanol–water partition coefficient (Wildman–Crippen LogP) is 2.14. The van der Waals surface area contributed by atoms with E-state index < -0.39 is 0 Å². The van der Waals surface area contributed by atoms with Crippen LogP contribution < -0.4 is 10.1 Å². The molecule has 0 spiro atoms. The van der Waals surface area contributed by atoms with Crippen molar-refractivity contribution in [2.45, 2.75) is 0 Å². The van der Waals surface area contributed by atoms with Gasteiger partial charge in [-0.25, -0.2) is 0 Å². The summed E-state index contributed by atoms with van der Waals surface area (Å²) in [4.78, 5) is 15.0. The third-order valence-corrected chi connectivity index (χ3v) is 5.01. The van der Waals surface area contributed by atoms with Crippen LogP contribution >= 0.6 is 0 Å². The summed E-state index contributed by atoms with van der Waals surface area (Å²) < 4.78 is 5.42. The molecule has 2 saturated heterocycles. The van der Waals surface area contributed by atoms with Crippen LogP contribution in [-0.2, 0) is 0 Å². The van der Waals surface area contributed by atoms with Crippen LogP contribution in [0, 0.1) is 11.8 Å². The Morgan fingerprint density at radius 1 is 1.09 bits per heavy atom. The van der Waals surface area contributed by atoms with Crippen molar-refractivity contribution in [3.05, 3.63) is 42.0 Å². The van der Waals surface area contributed by atoms with Gasteiger partial charge in [0.05, 0.1) is 7.11 Å². The van der Waals surface area contributed by atoms with Gasteiger partial charge in [0.2, 0.25) is 0 Å². The number of benzene rings is 2. The first-order valence-corrected chi connectivity index (χ1v) is 7.83. The fourth-order valence-electron chi connectivity index (χ4n) is 3.83. The number of methoxy groups -OCH3 is 1. The van der Waals surface area contributed by atoms with E-state index in [1.54, 1.807) is 7.11 Å². The average Bonchev–Trinajstić information content (AvgIpc) is 3.14. The van der Waals surface area contributed by atoms with Gasteiger partial charge in [0.25, 0.3) is 5.91 Å². The molecule has 22 heavy (non-hydrogen) atoms. The molecule has 1 amide bonds. The Kier molecular flexibility index (Phi) is 3.26. The normalized spacial score (nSPS) is 23.8. The smallest absolute Gasteiger partial charge is 0.254 e. The minimum atomic E-state index is 0.147. The summed E-state index contributed by atoms with van der Waals surface area (Å²) >= 11 is 0. The minimum Gasteiger partial charge on any atom is -0.496 e. The third-order valence-electron chi connectivity index (χ3n) is 5.01. The lowest BCUT2D eigenvalue weighted by atomic mass is 10.0. The Morgan fingerprint density at radius 3 is 2.45 bits per heavy atom. The van der Waals surface area contributed by atoms with Gasteiger partial charge in [0.15, 0.2) is 0 Å². The lowest BCUT2D eigenvalue weighted by Gasteiger charge is -2.19. The number of nitrogens with one attached hydrogen (secondary N) is 1. The van der Waals surface area contributed by atoms with Crippen LogP contribution in [0.1, 0.15) is 10.4 Å². The van der Waals surface area contributed by atoms with Gasteiger partial charge in [-0.15, -0.1) is 0 Å². The van der Waals surface area contributed by atoms with Gasteiger partial charge in [0.1, 0.15) is 5.75 Å². The first-order valence-electron chi connectivity index (χ1n) is 7.83. The summed E-state index contributed by atoms with van der Waals surface area (Å²) in [6, 6.07) is 11.8. The topological polar surface area (TPSA) is 41.6 Å². The maximum absolute atomic E-state index is 13.0. The number of hydrogen-bond donors (Lipinski definition) is 1. The number of ether oxygens (including phenoxy) is 1. The third kappa shape index (κ3) is 2.06. The number of likely N-dealkylation sites (tertiary alicyclic amines) is 1. The fourth-order valence-corrected chi connectivity index (χ4v) is 3.83. The Bertz CT molecular complexity index is 716. The minimum absolute atomic E-state index is 0.147. The molecule has 2 heterocycles. The molecule has 0 aliphatic carbocycles. The second kappa shape index (κ2) is 5.29. The predicted molar refractivity (Wildman–Crippen MR) is 86.3 cm³/mol. The molecule has 2 aromatic rings. The van der Waals surface area contributed by atoms with Gasteiger partial charge in [-0.1, -0.05) is 24.3 Å². The molecule has 4 rings (SSSR count). The van der Waals surface area contributed by atoms with Crippen molar-refractivity contribution in [1.29, 1.82) is 0 Å². The van der Waals surface area contributed by atoms with Crippen LogP contribution in [-0.4, -0.2) is 44.1 Å². The molecule has 0 saturated carbocycles. The number of carbonyl (C=O) groups excluding carboxylic acids is 1. The van der Waals surface area contributed by atoms with Crippen molar-refractivity contribution in [2.75, 3.05) is 33.3 Å². The van der Waals surface area contributed by atoms with Crippen molar-refractivity contribution in [1.82, 2.24) is 10.2 Å². The Labute approximate surface area is 130 Å². The monoisotopic (exact) mass is 296 g/mol. The van der Waals surface area contributed by atoms with Crippen molar-refractivity contribution in [2.24, 2.45) is 11.8 Å². The Balaban J connectivity index is 1.71. The summed E-state index contributed by atoms with van der Waals surface area (Å²) in [7, 11) is 1.66. The molecule has 0 bridgehead atoms. The van der Waals surface area contributed by atoms with Crippen LogP contribution in [0.25, 0.3) is 10.8 Å². The molecule has 2 fully saturated rings. The van der Waals surface area contributed by atoms with Crippen LogP contribution in [0.5, 0.6) is 5.75 Å². The lowest BCUT2D eigenvalue weighted by molar-refractivity contribution is 0.0783. The van der Waals surface area contributed by atoms with Crippen LogP contribution in [0.3, 0.4) is 0 Å². The van der Waals surface area contributed by atoms with E-state index in [0.717, 1.165) is 48.3 Å². The van der Waals surface area contributed by atoms with Crippen molar-refractivity contribution >= 4 is 16.7 Å². The number of rotatable bonds is 2. The zero-order valence-electron chi connectivity index (χ0n) is 12.7. The van der Waals surface area contributed by atoms with Gasteiger partial charge in [-0.2, -0.15) is 0 Å². The van der Waals surface area contributed by atoms with E-state index in [9.17, 15) is 4.79 Å². The molecule has 4 nitrogen and oxygen atoms in total. The maximum atomic E-state index is 13.0. The quantitative estimate of drug-likeness (QED) is 0.923. The first kappa shape index (κ1) is 13.6. The second-order valence-corrected chi connectivity index (χ2v) is 6.25. The highest BCUT2D eigenvalue weighted by Crippen LogP contribution is 2.32. The lowest BCUT2D eigenvalue weighted by Crippen LogP contribution is -2.32. The van der Waals surface area contributed by atoms with Gasteiger partial charge in [-0.05, 0) is 29.4 Å². The summed E-state index contributed by atoms with van der Waals surface area (Å²) in [5.74, 6) is 2.20. The summed E-state index contributed by atoms with van der Waals surface area (Å²) in [6.07, 6.45) is 0. The molecular weight excluding hydrogens is 276 g/mol. The average molecular weight is 296 g/mol.